The van der Waals surface area contributed by atoms with Gasteiger partial charge in [0, 0.05) is 12.6 Å². The minimum atomic E-state index is -4.10. The summed E-state index contributed by atoms with van der Waals surface area (Å²) >= 11 is 0. The summed E-state index contributed by atoms with van der Waals surface area (Å²) in [5, 5.41) is 2.96. The van der Waals surface area contributed by atoms with Crippen molar-refractivity contribution in [1.29, 1.82) is 0 Å². The quantitative estimate of drug-likeness (QED) is 0.336. The third kappa shape index (κ3) is 7.72. The van der Waals surface area contributed by atoms with Crippen molar-refractivity contribution in [3.63, 3.8) is 0 Å². The van der Waals surface area contributed by atoms with Crippen LogP contribution >= 0.6 is 0 Å². The minimum absolute atomic E-state index is 0.0556. The lowest BCUT2D eigenvalue weighted by Crippen LogP contribution is -2.52. The number of benzene rings is 3. The van der Waals surface area contributed by atoms with E-state index >= 15 is 0 Å². The number of hydrogen-bond acceptors (Lipinski definition) is 4. The summed E-state index contributed by atoms with van der Waals surface area (Å²) in [7, 11) is -4.10. The molecule has 0 spiro atoms. The summed E-state index contributed by atoms with van der Waals surface area (Å²) in [6, 6.07) is 18.9. The average Bonchev–Trinajstić information content (AvgIpc) is 2.90. The van der Waals surface area contributed by atoms with Gasteiger partial charge in [0.1, 0.15) is 12.6 Å². The van der Waals surface area contributed by atoms with E-state index in [4.69, 9.17) is 0 Å². The number of rotatable bonds is 11. The van der Waals surface area contributed by atoms with Crippen molar-refractivity contribution in [3.8, 4) is 0 Å². The van der Waals surface area contributed by atoms with Crippen LogP contribution in [0.5, 0.6) is 0 Å². The van der Waals surface area contributed by atoms with Gasteiger partial charge in [0.25, 0.3) is 10.0 Å². The molecule has 0 aliphatic carbocycles. The van der Waals surface area contributed by atoms with E-state index in [2.05, 4.69) is 5.32 Å². The molecule has 3 aromatic carbocycles. The topological polar surface area (TPSA) is 86.8 Å². The van der Waals surface area contributed by atoms with Crippen molar-refractivity contribution in [2.45, 2.75) is 78.4 Å². The van der Waals surface area contributed by atoms with Gasteiger partial charge >= 0.3 is 0 Å². The van der Waals surface area contributed by atoms with Crippen molar-refractivity contribution >= 4 is 27.5 Å². The van der Waals surface area contributed by atoms with E-state index in [0.29, 0.717) is 5.69 Å². The SMILES string of the molecule is CC[C@H](C)NC(=O)[C@@H](C)N(Cc1ccc(C)cc1)C(=O)CN(c1cc(C)cc(C)c1)S(=O)(=O)c1ccc(C)cc1. The van der Waals surface area contributed by atoms with Gasteiger partial charge in [-0.2, -0.15) is 0 Å². The Balaban J connectivity index is 2.05. The van der Waals surface area contributed by atoms with Gasteiger partial charge in [-0.05, 0) is 88.9 Å². The van der Waals surface area contributed by atoms with Crippen LogP contribution in [0.3, 0.4) is 0 Å². The fraction of sp³-hybridized carbons (Fsp3) is 0.375. The van der Waals surface area contributed by atoms with E-state index in [1.54, 1.807) is 43.3 Å². The monoisotopic (exact) mass is 563 g/mol. The standard InChI is InChI=1S/C32H41N3O4S/c1-8-26(6)33-32(37)27(7)34(20-28-13-9-22(2)10-14-28)31(36)21-35(29-18-24(4)17-25(5)19-29)40(38,39)30-15-11-23(3)12-16-30/h9-19,26-27H,8,20-21H2,1-7H3,(H,33,37)/t26-,27+/m0/s1. The summed E-state index contributed by atoms with van der Waals surface area (Å²) in [4.78, 5) is 28.8. The van der Waals surface area contributed by atoms with E-state index in [9.17, 15) is 18.0 Å². The third-order valence-electron chi connectivity index (χ3n) is 7.02. The Hall–Kier alpha value is -3.65. The molecule has 214 valence electrons. The predicted molar refractivity (Wildman–Crippen MR) is 161 cm³/mol. The molecule has 0 bridgehead atoms. The molecule has 0 aromatic heterocycles. The van der Waals surface area contributed by atoms with E-state index in [1.807, 2.05) is 71.9 Å². The van der Waals surface area contributed by atoms with Gasteiger partial charge < -0.3 is 10.2 Å². The number of anilines is 1. The maximum atomic E-state index is 14.0. The molecule has 2 atom stereocenters. The van der Waals surface area contributed by atoms with Gasteiger partial charge in [0.05, 0.1) is 10.6 Å². The molecule has 3 aromatic rings. The number of nitrogens with zero attached hydrogens (tertiary/aromatic N) is 2. The first kappa shape index (κ1) is 30.9. The first-order chi connectivity index (χ1) is 18.8. The summed E-state index contributed by atoms with van der Waals surface area (Å²) in [6.07, 6.45) is 0.750. The molecule has 3 rings (SSSR count). The van der Waals surface area contributed by atoms with Crippen LogP contribution in [0.1, 0.15) is 55.0 Å². The van der Waals surface area contributed by atoms with Crippen LogP contribution < -0.4 is 9.62 Å². The van der Waals surface area contributed by atoms with Crippen molar-refractivity contribution in [2.24, 2.45) is 0 Å². The van der Waals surface area contributed by atoms with E-state index in [-0.39, 0.29) is 23.4 Å². The van der Waals surface area contributed by atoms with Gasteiger partial charge in [0.2, 0.25) is 11.8 Å². The fourth-order valence-corrected chi connectivity index (χ4v) is 5.80. The molecule has 7 nitrogen and oxygen atoms in total. The van der Waals surface area contributed by atoms with Gasteiger partial charge in [-0.15, -0.1) is 0 Å². The van der Waals surface area contributed by atoms with Crippen molar-refractivity contribution in [3.05, 3.63) is 94.5 Å². The van der Waals surface area contributed by atoms with Gasteiger partial charge in [-0.3, -0.25) is 13.9 Å². The highest BCUT2D eigenvalue weighted by Gasteiger charge is 2.33. The normalized spacial score (nSPS) is 12.9. The average molecular weight is 564 g/mol. The van der Waals surface area contributed by atoms with Crippen LogP contribution in [-0.4, -0.2) is 43.8 Å². The molecular weight excluding hydrogens is 522 g/mol. The zero-order valence-corrected chi connectivity index (χ0v) is 25.4. The summed E-state index contributed by atoms with van der Waals surface area (Å²) in [5.41, 5.74) is 5.02. The van der Waals surface area contributed by atoms with Crippen LogP contribution in [-0.2, 0) is 26.2 Å². The van der Waals surface area contributed by atoms with Gasteiger partial charge in [0.15, 0.2) is 0 Å². The summed E-state index contributed by atoms with van der Waals surface area (Å²) < 4.78 is 29.1. The molecule has 0 saturated heterocycles. The molecule has 8 heteroatoms. The van der Waals surface area contributed by atoms with Crippen molar-refractivity contribution < 1.29 is 18.0 Å². The van der Waals surface area contributed by atoms with Gasteiger partial charge in [-0.1, -0.05) is 60.5 Å². The molecule has 0 saturated carbocycles. The molecule has 0 radical (unpaired) electrons. The Kier molecular flexibility index (Phi) is 10.1. The van der Waals surface area contributed by atoms with Crippen molar-refractivity contribution in [1.82, 2.24) is 10.2 Å². The van der Waals surface area contributed by atoms with Crippen molar-refractivity contribution in [2.75, 3.05) is 10.8 Å². The Morgan fingerprint density at radius 3 is 1.85 bits per heavy atom. The van der Waals surface area contributed by atoms with E-state index < -0.39 is 28.5 Å². The molecule has 40 heavy (non-hydrogen) atoms. The second kappa shape index (κ2) is 13.1. The first-order valence-corrected chi connectivity index (χ1v) is 15.1. The maximum absolute atomic E-state index is 14.0. The number of nitrogens with one attached hydrogen (secondary N) is 1. The number of sulfonamides is 1. The fourth-order valence-electron chi connectivity index (χ4n) is 4.40. The Labute approximate surface area is 239 Å². The lowest BCUT2D eigenvalue weighted by Gasteiger charge is -2.32. The molecular formula is C32H41N3O4S. The largest absolute Gasteiger partial charge is 0.352 e. The predicted octanol–water partition coefficient (Wildman–Crippen LogP) is 5.45. The zero-order valence-electron chi connectivity index (χ0n) is 24.6. The molecule has 2 amide bonds. The molecule has 0 aliphatic heterocycles. The second-order valence-electron chi connectivity index (χ2n) is 10.7. The Bertz CT molecular complexity index is 1410. The Morgan fingerprint density at radius 1 is 0.800 bits per heavy atom. The molecule has 0 unspecified atom stereocenters. The van der Waals surface area contributed by atoms with Crippen LogP contribution in [0.2, 0.25) is 0 Å². The maximum Gasteiger partial charge on any atom is 0.264 e. The van der Waals surface area contributed by atoms with Gasteiger partial charge in [-0.25, -0.2) is 8.42 Å². The van der Waals surface area contributed by atoms with Crippen LogP contribution in [0.25, 0.3) is 0 Å². The molecule has 0 heterocycles. The Morgan fingerprint density at radius 2 is 1.32 bits per heavy atom. The van der Waals surface area contributed by atoms with E-state index in [1.165, 1.54) is 4.90 Å². The van der Waals surface area contributed by atoms with Crippen LogP contribution in [0, 0.1) is 27.7 Å². The highest BCUT2D eigenvalue weighted by Crippen LogP contribution is 2.27. The third-order valence-corrected chi connectivity index (χ3v) is 8.81. The van der Waals surface area contributed by atoms with E-state index in [0.717, 1.165) is 38.5 Å². The minimum Gasteiger partial charge on any atom is -0.352 e. The number of carbonyl (C=O) groups excluding carboxylic acids is 2. The smallest absolute Gasteiger partial charge is 0.264 e. The van der Waals surface area contributed by atoms with Crippen LogP contribution in [0.4, 0.5) is 5.69 Å². The van der Waals surface area contributed by atoms with Crippen LogP contribution in [0.15, 0.2) is 71.6 Å². The summed E-state index contributed by atoms with van der Waals surface area (Å²) in [6.45, 7) is 12.9. The lowest BCUT2D eigenvalue weighted by molar-refractivity contribution is -0.139. The highest BCUT2D eigenvalue weighted by molar-refractivity contribution is 7.92. The first-order valence-electron chi connectivity index (χ1n) is 13.6. The second-order valence-corrected chi connectivity index (χ2v) is 12.5. The number of amides is 2. The highest BCUT2D eigenvalue weighted by atomic mass is 32.2. The zero-order chi connectivity index (χ0) is 29.6. The number of aryl methyl sites for hydroxylation is 4. The molecule has 1 N–H and O–H groups in total. The summed E-state index contributed by atoms with van der Waals surface area (Å²) in [5.74, 6) is -0.753. The molecule has 0 aliphatic rings. The lowest BCUT2D eigenvalue weighted by atomic mass is 10.1. The molecule has 0 fully saturated rings. The number of hydrogen-bond donors (Lipinski definition) is 1. The number of carbonyl (C=O) groups is 2.